The lowest BCUT2D eigenvalue weighted by molar-refractivity contribution is -0.142. The highest BCUT2D eigenvalue weighted by Gasteiger charge is 2.40. The zero-order valence-electron chi connectivity index (χ0n) is 20.9. The summed E-state index contributed by atoms with van der Waals surface area (Å²) in [5.74, 6) is -2.33. The number of benzene rings is 2. The van der Waals surface area contributed by atoms with Crippen molar-refractivity contribution in [2.75, 3.05) is 13.1 Å². The molecule has 0 aromatic heterocycles. The summed E-state index contributed by atoms with van der Waals surface area (Å²) in [6.45, 7) is 1.84. The van der Waals surface area contributed by atoms with E-state index >= 15 is 0 Å². The summed E-state index contributed by atoms with van der Waals surface area (Å²) >= 11 is 0. The molecule has 1 aliphatic heterocycles. The predicted molar refractivity (Wildman–Crippen MR) is 125 cm³/mol. The fourth-order valence-electron chi connectivity index (χ4n) is 5.29. The molecule has 0 saturated carbocycles. The van der Waals surface area contributed by atoms with E-state index in [-0.39, 0.29) is 38.3 Å². The summed E-state index contributed by atoms with van der Waals surface area (Å²) in [7, 11) is 0. The SMILES string of the molecule is CCCC(CN1CCC(CC(=O)O)CC1c1ccc(C(F)(F)F)cc1)c1cc(C(F)(F)F)ccc1C(F)(F)F. The van der Waals surface area contributed by atoms with Gasteiger partial charge in [-0.2, -0.15) is 39.5 Å². The molecule has 0 amide bonds. The van der Waals surface area contributed by atoms with E-state index in [0.717, 1.165) is 12.1 Å². The van der Waals surface area contributed by atoms with Crippen molar-refractivity contribution in [3.05, 3.63) is 70.3 Å². The average Bonchev–Trinajstić information content (AvgIpc) is 2.82. The number of rotatable bonds is 8. The van der Waals surface area contributed by atoms with Gasteiger partial charge in [0.25, 0.3) is 0 Å². The Bertz CT molecular complexity index is 1120. The smallest absolute Gasteiger partial charge is 0.416 e. The molecule has 1 N–H and O–H groups in total. The lowest BCUT2D eigenvalue weighted by Crippen LogP contribution is -2.40. The second kappa shape index (κ2) is 11.8. The van der Waals surface area contributed by atoms with E-state index in [0.29, 0.717) is 36.6 Å². The summed E-state index contributed by atoms with van der Waals surface area (Å²) in [6, 6.07) is 5.02. The molecule has 3 nitrogen and oxygen atoms in total. The molecule has 12 heteroatoms. The Kier molecular flexibility index (Phi) is 9.29. The number of nitrogens with zero attached hydrogens (tertiary/aromatic N) is 1. The second-order valence-electron chi connectivity index (χ2n) is 9.90. The minimum atomic E-state index is -4.90. The predicted octanol–water partition coefficient (Wildman–Crippen LogP) is 8.55. The number of hydrogen-bond acceptors (Lipinski definition) is 2. The van der Waals surface area contributed by atoms with Gasteiger partial charge in [-0.25, -0.2) is 0 Å². The zero-order chi connectivity index (χ0) is 29.2. The van der Waals surface area contributed by atoms with Crippen molar-refractivity contribution < 1.29 is 49.4 Å². The number of carbonyl (C=O) groups is 1. The van der Waals surface area contributed by atoms with Crippen LogP contribution in [-0.2, 0) is 23.3 Å². The number of hydrogen-bond donors (Lipinski definition) is 1. The lowest BCUT2D eigenvalue weighted by atomic mass is 9.82. The van der Waals surface area contributed by atoms with Crippen LogP contribution in [0.2, 0.25) is 0 Å². The van der Waals surface area contributed by atoms with Gasteiger partial charge >= 0.3 is 24.5 Å². The Morgan fingerprint density at radius 1 is 0.923 bits per heavy atom. The summed E-state index contributed by atoms with van der Waals surface area (Å²) in [6.07, 6.45) is -13.4. The van der Waals surface area contributed by atoms with Crippen molar-refractivity contribution in [2.24, 2.45) is 5.92 Å². The van der Waals surface area contributed by atoms with Crippen LogP contribution >= 0.6 is 0 Å². The van der Waals surface area contributed by atoms with Crippen molar-refractivity contribution in [1.29, 1.82) is 0 Å². The summed E-state index contributed by atoms with van der Waals surface area (Å²) in [5, 5.41) is 9.24. The molecule has 1 aliphatic rings. The van der Waals surface area contributed by atoms with E-state index in [2.05, 4.69) is 0 Å². The standard InChI is InChI=1S/C27H28F9NO2/c1-2-3-18(21-14-20(26(31,32)33)8-9-22(21)27(34,35)36)15-37-11-10-16(13-24(38)39)12-23(37)17-4-6-19(7-5-17)25(28,29)30/h4-9,14,16,18,23H,2-3,10-13,15H2,1H3,(H,38,39). The molecular weight excluding hydrogens is 541 g/mol. The van der Waals surface area contributed by atoms with Gasteiger partial charge in [-0.15, -0.1) is 0 Å². The molecule has 1 saturated heterocycles. The fraction of sp³-hybridized carbons (Fsp3) is 0.519. The van der Waals surface area contributed by atoms with E-state index in [1.165, 1.54) is 12.1 Å². The maximum absolute atomic E-state index is 13.9. The maximum atomic E-state index is 13.9. The maximum Gasteiger partial charge on any atom is 0.416 e. The molecular formula is C27H28F9NO2. The first-order valence-corrected chi connectivity index (χ1v) is 12.4. The minimum Gasteiger partial charge on any atom is -0.481 e. The highest BCUT2D eigenvalue weighted by molar-refractivity contribution is 5.67. The van der Waals surface area contributed by atoms with Gasteiger partial charge in [-0.1, -0.05) is 25.5 Å². The first kappa shape index (κ1) is 30.8. The first-order valence-electron chi connectivity index (χ1n) is 12.4. The van der Waals surface area contributed by atoms with E-state index in [1.807, 2.05) is 0 Å². The van der Waals surface area contributed by atoms with Crippen LogP contribution in [0.5, 0.6) is 0 Å². The molecule has 0 bridgehead atoms. The van der Waals surface area contributed by atoms with Crippen LogP contribution in [0.25, 0.3) is 0 Å². The van der Waals surface area contributed by atoms with Crippen LogP contribution < -0.4 is 0 Å². The largest absolute Gasteiger partial charge is 0.481 e. The third-order valence-electron chi connectivity index (χ3n) is 7.12. The molecule has 0 aliphatic carbocycles. The highest BCUT2D eigenvalue weighted by Crippen LogP contribution is 2.43. The van der Waals surface area contributed by atoms with Gasteiger partial charge in [0.15, 0.2) is 0 Å². The number of carboxylic acid groups (broad SMARTS) is 1. The van der Waals surface area contributed by atoms with Crippen molar-refractivity contribution >= 4 is 5.97 Å². The Morgan fingerprint density at radius 3 is 2.03 bits per heavy atom. The summed E-state index contributed by atoms with van der Waals surface area (Å²) in [5.41, 5.74) is -3.32. The molecule has 2 aromatic carbocycles. The zero-order valence-corrected chi connectivity index (χ0v) is 20.9. The number of aliphatic carboxylic acids is 1. The van der Waals surface area contributed by atoms with Crippen LogP contribution in [-0.4, -0.2) is 29.1 Å². The third kappa shape index (κ3) is 7.89. The number of carboxylic acids is 1. The van der Waals surface area contributed by atoms with Gasteiger partial charge in [-0.05, 0) is 79.1 Å². The number of piperidine rings is 1. The molecule has 3 atom stereocenters. The second-order valence-corrected chi connectivity index (χ2v) is 9.90. The molecule has 216 valence electrons. The summed E-state index contributed by atoms with van der Waals surface area (Å²) in [4.78, 5) is 13.1. The topological polar surface area (TPSA) is 40.5 Å². The molecule has 3 unspecified atom stereocenters. The van der Waals surface area contributed by atoms with Crippen molar-refractivity contribution in [1.82, 2.24) is 4.90 Å². The van der Waals surface area contributed by atoms with E-state index < -0.39 is 58.7 Å². The summed E-state index contributed by atoms with van der Waals surface area (Å²) < 4.78 is 121. The van der Waals surface area contributed by atoms with Crippen LogP contribution in [0.4, 0.5) is 39.5 Å². The van der Waals surface area contributed by atoms with Gasteiger partial charge < -0.3 is 5.11 Å². The Balaban J connectivity index is 2.02. The van der Waals surface area contributed by atoms with E-state index in [9.17, 15) is 49.4 Å². The molecule has 0 radical (unpaired) electrons. The highest BCUT2D eigenvalue weighted by atomic mass is 19.4. The van der Waals surface area contributed by atoms with Crippen LogP contribution in [0, 0.1) is 5.92 Å². The fourth-order valence-corrected chi connectivity index (χ4v) is 5.29. The number of likely N-dealkylation sites (tertiary alicyclic amines) is 1. The van der Waals surface area contributed by atoms with Gasteiger partial charge in [0.2, 0.25) is 0 Å². The Labute approximate surface area is 219 Å². The first-order chi connectivity index (χ1) is 18.0. The molecule has 2 aromatic rings. The van der Waals surface area contributed by atoms with E-state index in [1.54, 1.807) is 11.8 Å². The molecule has 1 fully saturated rings. The number of halogens is 9. The average molecular weight is 570 g/mol. The van der Waals surface area contributed by atoms with Crippen LogP contribution in [0.1, 0.15) is 78.8 Å². The monoisotopic (exact) mass is 569 g/mol. The molecule has 3 rings (SSSR count). The van der Waals surface area contributed by atoms with Crippen molar-refractivity contribution in [2.45, 2.75) is 69.5 Å². The Morgan fingerprint density at radius 2 is 1.51 bits per heavy atom. The van der Waals surface area contributed by atoms with Gasteiger partial charge in [0.05, 0.1) is 16.7 Å². The van der Waals surface area contributed by atoms with Crippen LogP contribution in [0.15, 0.2) is 42.5 Å². The Hall–Kier alpha value is -2.76. The molecule has 0 spiro atoms. The molecule has 39 heavy (non-hydrogen) atoms. The third-order valence-corrected chi connectivity index (χ3v) is 7.12. The normalized spacial score (nSPS) is 20.2. The minimum absolute atomic E-state index is 0.0797. The number of alkyl halides is 9. The van der Waals surface area contributed by atoms with Gasteiger partial charge in [0.1, 0.15) is 0 Å². The van der Waals surface area contributed by atoms with E-state index in [4.69, 9.17) is 0 Å². The van der Waals surface area contributed by atoms with Crippen molar-refractivity contribution in [3.63, 3.8) is 0 Å². The lowest BCUT2D eigenvalue weighted by Gasteiger charge is -2.41. The molecule has 1 heterocycles. The van der Waals surface area contributed by atoms with Crippen molar-refractivity contribution in [3.8, 4) is 0 Å². The quantitative estimate of drug-likeness (QED) is 0.324. The van der Waals surface area contributed by atoms with Gasteiger partial charge in [0, 0.05) is 19.0 Å². The van der Waals surface area contributed by atoms with Gasteiger partial charge in [-0.3, -0.25) is 9.69 Å². The van der Waals surface area contributed by atoms with Crippen LogP contribution in [0.3, 0.4) is 0 Å².